The third kappa shape index (κ3) is 3.64. The highest BCUT2D eigenvalue weighted by molar-refractivity contribution is 7.99. The van der Waals surface area contributed by atoms with Crippen molar-refractivity contribution in [1.82, 2.24) is 9.97 Å². The third-order valence-corrected chi connectivity index (χ3v) is 7.04. The fourth-order valence-corrected chi connectivity index (χ4v) is 5.13. The Labute approximate surface area is 170 Å². The van der Waals surface area contributed by atoms with E-state index >= 15 is 0 Å². The standard InChI is InChI=1S/C20H20FN3O2S2/c1-3-20(2)8-13-15(9-26-20)28-18-16(13)17(22)23-19(24-18)27-10-14(25)11-4-6-12(21)7-5-11/h4-7H,3,8-10H2,1-2H3,(H2,22,23,24). The van der Waals surface area contributed by atoms with Crippen LogP contribution >= 0.6 is 23.1 Å². The number of ketones is 1. The van der Waals surface area contributed by atoms with Gasteiger partial charge in [0.05, 0.1) is 23.3 Å². The number of thioether (sulfide) groups is 1. The molecule has 0 radical (unpaired) electrons. The maximum atomic E-state index is 13.0. The summed E-state index contributed by atoms with van der Waals surface area (Å²) in [4.78, 5) is 23.3. The number of ether oxygens (including phenoxy) is 1. The molecule has 0 spiro atoms. The highest BCUT2D eigenvalue weighted by atomic mass is 32.2. The molecule has 1 aliphatic heterocycles. The van der Waals surface area contributed by atoms with Crippen molar-refractivity contribution in [3.63, 3.8) is 0 Å². The second kappa shape index (κ2) is 7.42. The topological polar surface area (TPSA) is 78.1 Å². The van der Waals surface area contributed by atoms with E-state index in [4.69, 9.17) is 10.5 Å². The van der Waals surface area contributed by atoms with Gasteiger partial charge in [0.1, 0.15) is 16.5 Å². The van der Waals surface area contributed by atoms with E-state index in [0.29, 0.717) is 23.1 Å². The van der Waals surface area contributed by atoms with Crippen LogP contribution in [0.25, 0.3) is 10.2 Å². The minimum absolute atomic E-state index is 0.107. The Hall–Kier alpha value is -2.03. The predicted octanol–water partition coefficient (Wildman–Crippen LogP) is 4.63. The van der Waals surface area contributed by atoms with E-state index in [9.17, 15) is 9.18 Å². The highest BCUT2D eigenvalue weighted by Crippen LogP contribution is 2.41. The van der Waals surface area contributed by atoms with Gasteiger partial charge in [0.15, 0.2) is 10.9 Å². The first-order valence-electron chi connectivity index (χ1n) is 9.02. The van der Waals surface area contributed by atoms with Crippen molar-refractivity contribution in [3.8, 4) is 0 Å². The number of hydrogen-bond donors (Lipinski definition) is 1. The predicted molar refractivity (Wildman–Crippen MR) is 110 cm³/mol. The number of nitrogens with two attached hydrogens (primary N) is 1. The Morgan fingerprint density at radius 2 is 2.11 bits per heavy atom. The van der Waals surface area contributed by atoms with Gasteiger partial charge >= 0.3 is 0 Å². The number of thiophene rings is 1. The molecule has 5 nitrogen and oxygen atoms in total. The van der Waals surface area contributed by atoms with Crippen LogP contribution in [0.5, 0.6) is 0 Å². The van der Waals surface area contributed by atoms with Crippen LogP contribution in [-0.4, -0.2) is 27.1 Å². The van der Waals surface area contributed by atoms with E-state index in [1.165, 1.54) is 41.6 Å². The zero-order chi connectivity index (χ0) is 19.9. The number of rotatable bonds is 5. The Balaban J connectivity index is 1.57. The molecule has 3 aromatic rings. The summed E-state index contributed by atoms with van der Waals surface area (Å²) in [6, 6.07) is 5.52. The average molecular weight is 418 g/mol. The molecule has 0 amide bonds. The van der Waals surface area contributed by atoms with E-state index in [1.54, 1.807) is 11.3 Å². The maximum absolute atomic E-state index is 13.0. The number of hydrogen-bond acceptors (Lipinski definition) is 7. The molecular weight excluding hydrogens is 397 g/mol. The molecule has 28 heavy (non-hydrogen) atoms. The SMILES string of the molecule is CCC1(C)Cc2c(sc3nc(SCC(=O)c4ccc(F)cc4)nc(N)c23)CO1. The first kappa shape index (κ1) is 19.3. The molecule has 4 rings (SSSR count). The maximum Gasteiger partial charge on any atom is 0.191 e. The number of carbonyl (C=O) groups excluding carboxylic acids is 1. The zero-order valence-electron chi connectivity index (χ0n) is 15.6. The van der Waals surface area contributed by atoms with Crippen molar-refractivity contribution >= 4 is 44.9 Å². The molecule has 2 aromatic heterocycles. The summed E-state index contributed by atoms with van der Waals surface area (Å²) in [6.45, 7) is 4.79. The monoisotopic (exact) mass is 417 g/mol. The van der Waals surface area contributed by atoms with Crippen LogP contribution in [0.2, 0.25) is 0 Å². The molecule has 1 atom stereocenters. The van der Waals surface area contributed by atoms with Crippen LogP contribution in [0.3, 0.4) is 0 Å². The van der Waals surface area contributed by atoms with Crippen molar-refractivity contribution in [2.75, 3.05) is 11.5 Å². The summed E-state index contributed by atoms with van der Waals surface area (Å²) in [5.41, 5.74) is 7.72. The summed E-state index contributed by atoms with van der Waals surface area (Å²) in [5, 5.41) is 1.38. The summed E-state index contributed by atoms with van der Waals surface area (Å²) in [6.07, 6.45) is 1.71. The fourth-order valence-electron chi connectivity index (χ4n) is 3.22. The van der Waals surface area contributed by atoms with E-state index in [0.717, 1.165) is 27.9 Å². The lowest BCUT2D eigenvalue weighted by molar-refractivity contribution is -0.0542. The van der Waals surface area contributed by atoms with Crippen LogP contribution in [0.1, 0.15) is 41.1 Å². The van der Waals surface area contributed by atoms with Crippen LogP contribution in [0.4, 0.5) is 10.2 Å². The molecule has 0 bridgehead atoms. The quantitative estimate of drug-likeness (QED) is 0.370. The number of benzene rings is 1. The minimum Gasteiger partial charge on any atom is -0.383 e. The lowest BCUT2D eigenvalue weighted by Crippen LogP contribution is -2.33. The second-order valence-electron chi connectivity index (χ2n) is 7.06. The summed E-state index contributed by atoms with van der Waals surface area (Å²) < 4.78 is 19.0. The molecule has 1 aliphatic rings. The normalized spacial score (nSPS) is 19.0. The lowest BCUT2D eigenvalue weighted by Gasteiger charge is -2.33. The van der Waals surface area contributed by atoms with E-state index in [2.05, 4.69) is 23.8 Å². The van der Waals surface area contributed by atoms with Crippen molar-refractivity contribution in [2.24, 2.45) is 0 Å². The number of aromatic nitrogens is 2. The summed E-state index contributed by atoms with van der Waals surface area (Å²) in [7, 11) is 0. The number of halogens is 1. The van der Waals surface area contributed by atoms with Crippen molar-refractivity contribution < 1.29 is 13.9 Å². The van der Waals surface area contributed by atoms with Crippen LogP contribution in [-0.2, 0) is 17.8 Å². The highest BCUT2D eigenvalue weighted by Gasteiger charge is 2.33. The number of fused-ring (bicyclic) bond motifs is 3. The Morgan fingerprint density at radius 1 is 1.36 bits per heavy atom. The number of nitrogens with zero attached hydrogens (tertiary/aromatic N) is 2. The van der Waals surface area contributed by atoms with Gasteiger partial charge in [-0.3, -0.25) is 4.79 Å². The summed E-state index contributed by atoms with van der Waals surface area (Å²) in [5.74, 6) is 0.138. The number of anilines is 1. The zero-order valence-corrected chi connectivity index (χ0v) is 17.3. The molecule has 146 valence electrons. The van der Waals surface area contributed by atoms with Crippen molar-refractivity contribution in [3.05, 3.63) is 46.1 Å². The van der Waals surface area contributed by atoms with Gasteiger partial charge in [0.2, 0.25) is 0 Å². The molecule has 2 N–H and O–H groups in total. The van der Waals surface area contributed by atoms with E-state index in [-0.39, 0.29) is 23.0 Å². The van der Waals surface area contributed by atoms with Crippen LogP contribution in [0, 0.1) is 5.82 Å². The number of carbonyl (C=O) groups is 1. The number of nitrogen functional groups attached to an aromatic ring is 1. The number of Topliss-reactive ketones (excluding diaryl/α,β-unsaturated/α-hetero) is 1. The molecular formula is C20H20FN3O2S2. The molecule has 0 fully saturated rings. The van der Waals surface area contributed by atoms with E-state index < -0.39 is 0 Å². The molecule has 8 heteroatoms. The molecule has 1 aromatic carbocycles. The lowest BCUT2D eigenvalue weighted by atomic mass is 9.90. The van der Waals surface area contributed by atoms with Crippen LogP contribution in [0.15, 0.2) is 29.4 Å². The molecule has 0 aliphatic carbocycles. The van der Waals surface area contributed by atoms with Crippen molar-refractivity contribution in [1.29, 1.82) is 0 Å². The van der Waals surface area contributed by atoms with Gasteiger partial charge in [-0.1, -0.05) is 18.7 Å². The van der Waals surface area contributed by atoms with Gasteiger partial charge in [-0.25, -0.2) is 14.4 Å². The molecule has 0 saturated heterocycles. The second-order valence-corrected chi connectivity index (χ2v) is 9.09. The molecule has 0 saturated carbocycles. The summed E-state index contributed by atoms with van der Waals surface area (Å²) >= 11 is 2.81. The Morgan fingerprint density at radius 3 is 2.82 bits per heavy atom. The van der Waals surface area contributed by atoms with Crippen molar-refractivity contribution in [2.45, 2.75) is 44.1 Å². The molecule has 3 heterocycles. The van der Waals surface area contributed by atoms with Gasteiger partial charge in [0.25, 0.3) is 0 Å². The van der Waals surface area contributed by atoms with E-state index in [1.807, 2.05) is 0 Å². The van der Waals surface area contributed by atoms with Gasteiger partial charge in [-0.2, -0.15) is 0 Å². The Kier molecular flexibility index (Phi) is 5.11. The third-order valence-electron chi connectivity index (χ3n) is 5.09. The first-order chi connectivity index (χ1) is 13.4. The molecule has 1 unspecified atom stereocenters. The largest absolute Gasteiger partial charge is 0.383 e. The fraction of sp³-hybridized carbons (Fsp3) is 0.350. The average Bonchev–Trinajstić information content (AvgIpc) is 3.04. The Bertz CT molecular complexity index is 1050. The first-order valence-corrected chi connectivity index (χ1v) is 10.8. The van der Waals surface area contributed by atoms with Gasteiger partial charge < -0.3 is 10.5 Å². The van der Waals surface area contributed by atoms with Gasteiger partial charge in [-0.15, -0.1) is 11.3 Å². The van der Waals surface area contributed by atoms with Gasteiger partial charge in [0, 0.05) is 16.9 Å². The van der Waals surface area contributed by atoms with Gasteiger partial charge in [-0.05, 0) is 43.2 Å². The smallest absolute Gasteiger partial charge is 0.191 e. The minimum atomic E-state index is -0.365. The van der Waals surface area contributed by atoms with Crippen LogP contribution < -0.4 is 5.73 Å².